The first kappa shape index (κ1) is 26.3. The van der Waals surface area contributed by atoms with Gasteiger partial charge in [0.05, 0.1) is 45.0 Å². The van der Waals surface area contributed by atoms with E-state index in [1.54, 1.807) is 14.2 Å². The minimum atomic E-state index is -2.20. The topological polar surface area (TPSA) is 60.7 Å². The third-order valence-corrected chi connectivity index (χ3v) is 11.8. The lowest BCUT2D eigenvalue weighted by Gasteiger charge is -2.41. The Kier molecular flexibility index (Phi) is 8.13. The molecule has 0 heterocycles. The summed E-state index contributed by atoms with van der Waals surface area (Å²) in [5.41, 5.74) is 4.50. The minimum absolute atomic E-state index is 0.00487. The Morgan fingerprint density at radius 1 is 1.03 bits per heavy atom. The number of rotatable bonds is 9. The van der Waals surface area contributed by atoms with E-state index in [1.807, 2.05) is 19.1 Å². The van der Waals surface area contributed by atoms with Crippen molar-refractivity contribution in [2.75, 3.05) is 14.2 Å². The summed E-state index contributed by atoms with van der Waals surface area (Å²) in [4.78, 5) is 0. The van der Waals surface area contributed by atoms with Crippen LogP contribution in [0.25, 0.3) is 0 Å². The van der Waals surface area contributed by atoms with Crippen LogP contribution in [-0.2, 0) is 22.0 Å². The van der Waals surface area contributed by atoms with E-state index < -0.39 is 20.5 Å². The number of methoxy groups -OCH3 is 2. The van der Waals surface area contributed by atoms with Gasteiger partial charge in [-0.2, -0.15) is 5.26 Å². The van der Waals surface area contributed by atoms with E-state index in [-0.39, 0.29) is 17.6 Å². The van der Waals surface area contributed by atoms with E-state index in [0.29, 0.717) is 0 Å². The fourth-order valence-electron chi connectivity index (χ4n) is 4.30. The molecular weight excluding hydrogens is 442 g/mol. The summed E-state index contributed by atoms with van der Waals surface area (Å²) in [6.45, 7) is 13.1. The van der Waals surface area contributed by atoms with Crippen LogP contribution in [0.2, 0.25) is 18.1 Å². The van der Waals surface area contributed by atoms with Crippen molar-refractivity contribution in [2.24, 2.45) is 0 Å². The summed E-state index contributed by atoms with van der Waals surface area (Å²) >= 11 is 0. The van der Waals surface area contributed by atoms with Gasteiger partial charge in [-0.1, -0.05) is 45.0 Å². The molecule has 1 aliphatic rings. The van der Waals surface area contributed by atoms with Crippen molar-refractivity contribution in [1.29, 1.82) is 5.26 Å². The van der Waals surface area contributed by atoms with Crippen LogP contribution in [0.15, 0.2) is 36.4 Å². The van der Waals surface area contributed by atoms with Gasteiger partial charge in [-0.15, -0.1) is 0 Å². The highest BCUT2D eigenvalue weighted by atomic mass is 28.4. The Morgan fingerprint density at radius 3 is 2.00 bits per heavy atom. The maximum atomic E-state index is 9.76. The van der Waals surface area contributed by atoms with Gasteiger partial charge < -0.3 is 18.6 Å². The van der Waals surface area contributed by atoms with E-state index in [4.69, 9.17) is 18.6 Å². The summed E-state index contributed by atoms with van der Waals surface area (Å²) in [5, 5.41) is 9.77. The molecule has 1 aliphatic carbocycles. The molecule has 2 aromatic carbocycles. The fourth-order valence-corrected chi connectivity index (χ4v) is 5.58. The van der Waals surface area contributed by atoms with Gasteiger partial charge in [0.25, 0.3) is 0 Å². The first-order valence-electron chi connectivity index (χ1n) is 12.0. The molecule has 2 atom stereocenters. The molecule has 0 fully saturated rings. The molecule has 2 unspecified atom stereocenters. The quantitative estimate of drug-likeness (QED) is 0.381. The van der Waals surface area contributed by atoms with Crippen LogP contribution >= 0.6 is 0 Å². The highest BCUT2D eigenvalue weighted by molar-refractivity contribution is 6.74. The molecule has 0 N–H and O–H groups in total. The van der Waals surface area contributed by atoms with Crippen LogP contribution in [0.4, 0.5) is 0 Å². The summed E-state index contributed by atoms with van der Waals surface area (Å²) < 4.78 is 25.0. The zero-order chi connectivity index (χ0) is 25.1. The second kappa shape index (κ2) is 10.5. The summed E-state index contributed by atoms with van der Waals surface area (Å²) in [5.74, 6) is 1.48. The molecule has 0 amide bonds. The Balaban J connectivity index is 2.01. The molecule has 0 radical (unpaired) electrons. The van der Waals surface area contributed by atoms with Gasteiger partial charge in [-0.05, 0) is 66.7 Å². The predicted molar refractivity (Wildman–Crippen MR) is 138 cm³/mol. The van der Waals surface area contributed by atoms with Crippen molar-refractivity contribution in [3.63, 3.8) is 0 Å². The van der Waals surface area contributed by atoms with Gasteiger partial charge in [0, 0.05) is 5.56 Å². The second-order valence-electron chi connectivity index (χ2n) is 10.7. The summed E-state index contributed by atoms with van der Waals surface area (Å²) in [7, 11) is 1.12. The maximum absolute atomic E-state index is 9.76. The van der Waals surface area contributed by atoms with Crippen LogP contribution in [0.3, 0.4) is 0 Å². The number of fused-ring (bicyclic) bond motifs is 1. The highest BCUT2D eigenvalue weighted by Gasteiger charge is 2.42. The molecule has 5 nitrogen and oxygen atoms in total. The third kappa shape index (κ3) is 5.65. The van der Waals surface area contributed by atoms with Crippen molar-refractivity contribution in [3.05, 3.63) is 58.7 Å². The zero-order valence-electron chi connectivity index (χ0n) is 21.9. The largest absolute Gasteiger partial charge is 0.496 e. The first-order chi connectivity index (χ1) is 16.0. The number of benzene rings is 2. The monoisotopic (exact) mass is 481 g/mol. The van der Waals surface area contributed by atoms with E-state index in [2.05, 4.69) is 64.2 Å². The second-order valence-corrected chi connectivity index (χ2v) is 15.4. The van der Waals surface area contributed by atoms with Crippen molar-refractivity contribution >= 4 is 8.32 Å². The average molecular weight is 482 g/mol. The van der Waals surface area contributed by atoms with Gasteiger partial charge >= 0.3 is 0 Å². The molecule has 0 aromatic heterocycles. The Morgan fingerprint density at radius 2 is 1.56 bits per heavy atom. The average Bonchev–Trinajstić information content (AvgIpc) is 3.19. The smallest absolute Gasteiger partial charge is 0.193 e. The maximum Gasteiger partial charge on any atom is 0.193 e. The molecule has 3 rings (SSSR count). The van der Waals surface area contributed by atoms with Crippen molar-refractivity contribution in [1.82, 2.24) is 0 Å². The number of ether oxygens (including phenoxy) is 3. The molecule has 34 heavy (non-hydrogen) atoms. The summed E-state index contributed by atoms with van der Waals surface area (Å²) in [6.07, 6.45) is 1.15. The van der Waals surface area contributed by atoms with Crippen molar-refractivity contribution in [3.8, 4) is 17.6 Å². The van der Waals surface area contributed by atoms with E-state index in [0.717, 1.165) is 35.5 Å². The predicted octanol–water partition coefficient (Wildman–Crippen LogP) is 6.54. The highest BCUT2D eigenvalue weighted by Crippen LogP contribution is 2.43. The van der Waals surface area contributed by atoms with Gasteiger partial charge in [-0.25, -0.2) is 0 Å². The zero-order valence-corrected chi connectivity index (χ0v) is 22.9. The molecule has 0 aliphatic heterocycles. The minimum Gasteiger partial charge on any atom is -0.496 e. The van der Waals surface area contributed by atoms with Gasteiger partial charge in [0.2, 0.25) is 0 Å². The molecule has 184 valence electrons. The Bertz CT molecular complexity index is 987. The Labute approximate surface area is 206 Å². The van der Waals surface area contributed by atoms with E-state index in [1.165, 1.54) is 11.1 Å². The third-order valence-electron chi connectivity index (χ3n) is 7.34. The SMILES string of the molecule is COc1cc(C(O[Si](C)(C)C(C)(C)C)C(CC#N)OC2Cc3ccccc3C2)cc(OC)c1C. The number of nitriles is 1. The number of hydrogen-bond acceptors (Lipinski definition) is 5. The van der Waals surface area contributed by atoms with Crippen LogP contribution in [0.5, 0.6) is 11.5 Å². The fraction of sp³-hybridized carbons (Fsp3) is 0.536. The first-order valence-corrected chi connectivity index (χ1v) is 14.9. The number of hydrogen-bond donors (Lipinski definition) is 0. The lowest BCUT2D eigenvalue weighted by molar-refractivity contribution is -0.0673. The summed E-state index contributed by atoms with van der Waals surface area (Å²) in [6, 6.07) is 14.8. The van der Waals surface area contributed by atoms with E-state index in [9.17, 15) is 5.26 Å². The molecule has 2 aromatic rings. The molecular formula is C28H39NO4Si. The van der Waals surface area contributed by atoms with Crippen molar-refractivity contribution < 1.29 is 18.6 Å². The van der Waals surface area contributed by atoms with Gasteiger partial charge in [0.1, 0.15) is 11.5 Å². The molecule has 0 spiro atoms. The lowest BCUT2D eigenvalue weighted by Crippen LogP contribution is -2.45. The Hall–Kier alpha value is -2.33. The van der Waals surface area contributed by atoms with Crippen LogP contribution < -0.4 is 9.47 Å². The normalized spacial score (nSPS) is 16.0. The number of nitrogens with zero attached hydrogens (tertiary/aromatic N) is 1. The van der Waals surface area contributed by atoms with E-state index >= 15 is 0 Å². The molecule has 0 saturated heterocycles. The van der Waals surface area contributed by atoms with Crippen LogP contribution in [0, 0.1) is 18.3 Å². The lowest BCUT2D eigenvalue weighted by atomic mass is 9.99. The van der Waals surface area contributed by atoms with Crippen LogP contribution in [-0.4, -0.2) is 34.7 Å². The van der Waals surface area contributed by atoms with Gasteiger partial charge in [-0.3, -0.25) is 0 Å². The standard InChI is InChI=1S/C28H39NO4Si/c1-19-25(30-5)17-22(18-26(19)31-6)27(33-34(7,8)28(2,3)4)24(13-14-29)32-23-15-20-11-9-10-12-21(20)16-23/h9-12,17-18,23-24,27H,13,15-16H2,1-8H3. The van der Waals surface area contributed by atoms with Crippen molar-refractivity contribution in [2.45, 2.75) is 83.4 Å². The van der Waals surface area contributed by atoms with Crippen LogP contribution in [0.1, 0.15) is 55.5 Å². The molecule has 0 bridgehead atoms. The molecule has 0 saturated carbocycles. The van der Waals surface area contributed by atoms with Gasteiger partial charge in [0.15, 0.2) is 8.32 Å². The molecule has 6 heteroatoms.